The van der Waals surface area contributed by atoms with Gasteiger partial charge in [0.05, 0.1) is 7.11 Å². The molecule has 1 amide bonds. The SMILES string of the molecule is COc1ccccc1N=C(NC(=O)c1cccc(Br)c1)N1CCN(C2CCCCC2)CC1. The van der Waals surface area contributed by atoms with Crippen molar-refractivity contribution in [2.75, 3.05) is 33.3 Å². The Morgan fingerprint density at radius 3 is 2.50 bits per heavy atom. The number of piperazine rings is 1. The fourth-order valence-electron chi connectivity index (χ4n) is 4.56. The smallest absolute Gasteiger partial charge is 0.258 e. The number of hydrogen-bond acceptors (Lipinski definition) is 4. The molecule has 1 N–H and O–H groups in total. The number of rotatable bonds is 4. The molecule has 1 heterocycles. The van der Waals surface area contributed by atoms with Crippen molar-refractivity contribution in [3.8, 4) is 5.75 Å². The maximum Gasteiger partial charge on any atom is 0.258 e. The molecule has 2 aliphatic rings. The Balaban J connectivity index is 1.53. The minimum absolute atomic E-state index is 0.172. The molecule has 1 aliphatic carbocycles. The van der Waals surface area contributed by atoms with Gasteiger partial charge in [-0.15, -0.1) is 0 Å². The van der Waals surface area contributed by atoms with Crippen LogP contribution >= 0.6 is 15.9 Å². The third-order valence-corrected chi connectivity index (χ3v) is 6.82. The van der Waals surface area contributed by atoms with E-state index in [9.17, 15) is 4.79 Å². The second kappa shape index (κ2) is 11.0. The summed E-state index contributed by atoms with van der Waals surface area (Å²) in [6, 6.07) is 15.7. The van der Waals surface area contributed by atoms with Crippen LogP contribution in [0.1, 0.15) is 42.5 Å². The number of hydrogen-bond donors (Lipinski definition) is 1. The van der Waals surface area contributed by atoms with Crippen molar-refractivity contribution in [3.63, 3.8) is 0 Å². The highest BCUT2D eigenvalue weighted by atomic mass is 79.9. The number of aliphatic imine (C=N–C) groups is 1. The van der Waals surface area contributed by atoms with Crippen LogP contribution in [0.4, 0.5) is 5.69 Å². The van der Waals surface area contributed by atoms with Gasteiger partial charge >= 0.3 is 0 Å². The Kier molecular flexibility index (Phi) is 7.81. The average Bonchev–Trinajstić information content (AvgIpc) is 2.84. The molecule has 1 saturated heterocycles. The van der Waals surface area contributed by atoms with Crippen molar-refractivity contribution in [2.45, 2.75) is 38.1 Å². The highest BCUT2D eigenvalue weighted by molar-refractivity contribution is 9.10. The molecule has 32 heavy (non-hydrogen) atoms. The third-order valence-electron chi connectivity index (χ3n) is 6.33. The van der Waals surface area contributed by atoms with E-state index in [4.69, 9.17) is 9.73 Å². The summed E-state index contributed by atoms with van der Waals surface area (Å²) in [4.78, 5) is 22.7. The number of carbonyl (C=O) groups excluding carboxylic acids is 1. The topological polar surface area (TPSA) is 57.2 Å². The minimum atomic E-state index is -0.172. The number of guanidine groups is 1. The van der Waals surface area contributed by atoms with Gasteiger partial charge in [0.15, 0.2) is 0 Å². The van der Waals surface area contributed by atoms with Crippen molar-refractivity contribution >= 4 is 33.5 Å². The number of amides is 1. The summed E-state index contributed by atoms with van der Waals surface area (Å²) in [5, 5.41) is 3.07. The molecule has 2 aromatic rings. The molecule has 1 aliphatic heterocycles. The predicted molar refractivity (Wildman–Crippen MR) is 132 cm³/mol. The van der Waals surface area contributed by atoms with E-state index in [1.807, 2.05) is 48.5 Å². The monoisotopic (exact) mass is 498 g/mol. The number of benzene rings is 2. The highest BCUT2D eigenvalue weighted by Gasteiger charge is 2.27. The predicted octanol–water partition coefficient (Wildman–Crippen LogP) is 4.83. The summed E-state index contributed by atoms with van der Waals surface area (Å²) >= 11 is 3.45. The van der Waals surface area contributed by atoms with Gasteiger partial charge in [0.1, 0.15) is 11.4 Å². The molecule has 1 saturated carbocycles. The van der Waals surface area contributed by atoms with Crippen molar-refractivity contribution in [3.05, 3.63) is 58.6 Å². The molecule has 7 heteroatoms. The Bertz CT molecular complexity index is 950. The molecule has 2 aromatic carbocycles. The number of methoxy groups -OCH3 is 1. The lowest BCUT2D eigenvalue weighted by Gasteiger charge is -2.41. The number of halogens is 1. The molecular weight excluding hydrogens is 468 g/mol. The standard InChI is InChI=1S/C25H31BrN4O2/c1-32-23-13-6-5-12-22(23)27-25(28-24(31)19-8-7-9-20(26)18-19)30-16-14-29(15-17-30)21-10-3-2-4-11-21/h5-9,12-13,18,21H,2-4,10-11,14-17H2,1H3,(H,27,28,31). The Morgan fingerprint density at radius 1 is 1.03 bits per heavy atom. The quantitative estimate of drug-likeness (QED) is 0.484. The van der Waals surface area contributed by atoms with Gasteiger partial charge in [0.25, 0.3) is 5.91 Å². The lowest BCUT2D eigenvalue weighted by atomic mass is 9.94. The van der Waals surface area contributed by atoms with Gasteiger partial charge in [-0.3, -0.25) is 15.0 Å². The van der Waals surface area contributed by atoms with E-state index in [-0.39, 0.29) is 5.91 Å². The van der Waals surface area contributed by atoms with Crippen LogP contribution in [-0.2, 0) is 0 Å². The van der Waals surface area contributed by atoms with Crippen LogP contribution in [0.2, 0.25) is 0 Å². The van der Waals surface area contributed by atoms with E-state index in [0.29, 0.717) is 29.0 Å². The maximum atomic E-state index is 13.0. The second-order valence-corrected chi connectivity index (χ2v) is 9.30. The summed E-state index contributed by atoms with van der Waals surface area (Å²) < 4.78 is 6.35. The summed E-state index contributed by atoms with van der Waals surface area (Å²) in [6.07, 6.45) is 6.67. The van der Waals surface area contributed by atoms with E-state index in [1.165, 1.54) is 32.1 Å². The Hall–Kier alpha value is -2.38. The number of ether oxygens (including phenoxy) is 1. The number of carbonyl (C=O) groups is 1. The first-order chi connectivity index (χ1) is 15.6. The molecule has 2 fully saturated rings. The van der Waals surface area contributed by atoms with E-state index in [1.54, 1.807) is 7.11 Å². The first-order valence-corrected chi connectivity index (χ1v) is 12.2. The zero-order valence-electron chi connectivity index (χ0n) is 18.6. The van der Waals surface area contributed by atoms with Crippen LogP contribution in [0.3, 0.4) is 0 Å². The molecule has 6 nitrogen and oxygen atoms in total. The lowest BCUT2D eigenvalue weighted by Crippen LogP contribution is -2.55. The largest absolute Gasteiger partial charge is 0.494 e. The zero-order valence-corrected chi connectivity index (χ0v) is 20.2. The summed E-state index contributed by atoms with van der Waals surface area (Å²) in [6.45, 7) is 3.65. The van der Waals surface area contributed by atoms with Gasteiger partial charge in [0, 0.05) is 42.3 Å². The van der Waals surface area contributed by atoms with E-state index < -0.39 is 0 Å². The van der Waals surface area contributed by atoms with Gasteiger partial charge in [-0.05, 0) is 43.2 Å². The number of nitrogens with zero attached hydrogens (tertiary/aromatic N) is 3. The van der Waals surface area contributed by atoms with E-state index in [2.05, 4.69) is 31.0 Å². The summed E-state index contributed by atoms with van der Waals surface area (Å²) in [5.74, 6) is 1.08. The van der Waals surface area contributed by atoms with E-state index in [0.717, 1.165) is 30.7 Å². The molecule has 0 radical (unpaired) electrons. The zero-order chi connectivity index (χ0) is 22.3. The van der Waals surface area contributed by atoms with Crippen molar-refractivity contribution in [2.24, 2.45) is 4.99 Å². The van der Waals surface area contributed by atoms with Gasteiger partial charge in [-0.1, -0.05) is 53.4 Å². The lowest BCUT2D eigenvalue weighted by molar-refractivity contribution is 0.0943. The van der Waals surface area contributed by atoms with Gasteiger partial charge in [-0.2, -0.15) is 0 Å². The fraction of sp³-hybridized carbons (Fsp3) is 0.440. The average molecular weight is 499 g/mol. The third kappa shape index (κ3) is 5.70. The van der Waals surface area contributed by atoms with Crippen molar-refractivity contribution < 1.29 is 9.53 Å². The van der Waals surface area contributed by atoms with Crippen LogP contribution in [-0.4, -0.2) is 61.0 Å². The molecule has 170 valence electrons. The Morgan fingerprint density at radius 2 is 1.78 bits per heavy atom. The van der Waals surface area contributed by atoms with Gasteiger partial charge in [0.2, 0.25) is 5.96 Å². The number of para-hydroxylation sites is 2. The second-order valence-electron chi connectivity index (χ2n) is 8.39. The van der Waals surface area contributed by atoms with Crippen molar-refractivity contribution in [1.29, 1.82) is 0 Å². The van der Waals surface area contributed by atoms with Crippen LogP contribution in [0, 0.1) is 0 Å². The molecule has 0 aromatic heterocycles. The molecular formula is C25H31BrN4O2. The summed E-state index contributed by atoms with van der Waals surface area (Å²) in [7, 11) is 1.64. The molecule has 0 unspecified atom stereocenters. The Labute approximate surface area is 198 Å². The van der Waals surface area contributed by atoms with Crippen LogP contribution < -0.4 is 10.1 Å². The van der Waals surface area contributed by atoms with Crippen LogP contribution in [0.5, 0.6) is 5.75 Å². The van der Waals surface area contributed by atoms with E-state index >= 15 is 0 Å². The van der Waals surface area contributed by atoms with Gasteiger partial charge in [-0.25, -0.2) is 4.99 Å². The maximum absolute atomic E-state index is 13.0. The summed E-state index contributed by atoms with van der Waals surface area (Å²) in [5.41, 5.74) is 1.29. The van der Waals surface area contributed by atoms with Crippen LogP contribution in [0.15, 0.2) is 58.0 Å². The van der Waals surface area contributed by atoms with Crippen molar-refractivity contribution in [1.82, 2.24) is 15.1 Å². The first-order valence-electron chi connectivity index (χ1n) is 11.4. The molecule has 0 bridgehead atoms. The fourth-order valence-corrected chi connectivity index (χ4v) is 4.96. The normalized spacial score (nSPS) is 18.4. The molecule has 0 spiro atoms. The minimum Gasteiger partial charge on any atom is -0.494 e. The molecule has 0 atom stereocenters. The van der Waals surface area contributed by atoms with Gasteiger partial charge < -0.3 is 9.64 Å². The molecule has 4 rings (SSSR count). The first kappa shape index (κ1) is 22.8. The highest BCUT2D eigenvalue weighted by Crippen LogP contribution is 2.27. The number of nitrogens with one attached hydrogen (secondary N) is 1. The van der Waals surface area contributed by atoms with Crippen LogP contribution in [0.25, 0.3) is 0 Å².